The van der Waals surface area contributed by atoms with Gasteiger partial charge >= 0.3 is 0 Å². The summed E-state index contributed by atoms with van der Waals surface area (Å²) in [5, 5.41) is 20.9. The number of halogens is 1. The number of benzene rings is 1. The highest BCUT2D eigenvalue weighted by Crippen LogP contribution is 2.26. The molecule has 2 aromatic rings. The maximum Gasteiger partial charge on any atom is 0.191 e. The third-order valence-electron chi connectivity index (χ3n) is 4.10. The van der Waals surface area contributed by atoms with Crippen molar-refractivity contribution in [2.45, 2.75) is 33.9 Å². The lowest BCUT2D eigenvalue weighted by Crippen LogP contribution is -2.37. The van der Waals surface area contributed by atoms with E-state index in [1.54, 1.807) is 12.1 Å². The number of aliphatic imine (C=N–C) groups is 1. The van der Waals surface area contributed by atoms with Gasteiger partial charge in [-0.05, 0) is 38.5 Å². The summed E-state index contributed by atoms with van der Waals surface area (Å²) in [5.74, 6) is 1.30. The molecule has 0 aliphatic rings. The minimum atomic E-state index is 0. The first-order valence-electron chi connectivity index (χ1n) is 8.33. The van der Waals surface area contributed by atoms with Crippen molar-refractivity contribution in [3.05, 3.63) is 40.7 Å². The number of nitrogens with zero attached hydrogens (tertiary/aromatic N) is 3. The second kappa shape index (κ2) is 10.2. The van der Waals surface area contributed by atoms with Gasteiger partial charge in [0, 0.05) is 31.4 Å². The predicted octanol–water partition coefficient (Wildman–Crippen LogP) is 2.62. The van der Waals surface area contributed by atoms with Gasteiger partial charge in [-0.3, -0.25) is 4.68 Å². The minimum absolute atomic E-state index is 0. The minimum Gasteiger partial charge on any atom is -0.504 e. The fraction of sp³-hybridized carbons (Fsp3) is 0.444. The molecule has 1 heterocycles. The van der Waals surface area contributed by atoms with E-state index in [2.05, 4.69) is 27.6 Å². The lowest BCUT2D eigenvalue weighted by Gasteiger charge is -2.12. The van der Waals surface area contributed by atoms with Crippen molar-refractivity contribution < 1.29 is 9.84 Å². The first-order chi connectivity index (χ1) is 12.0. The van der Waals surface area contributed by atoms with Gasteiger partial charge in [0.2, 0.25) is 0 Å². The van der Waals surface area contributed by atoms with Crippen molar-refractivity contribution in [1.29, 1.82) is 0 Å². The average Bonchev–Trinajstić information content (AvgIpc) is 2.83. The number of aromatic nitrogens is 2. The van der Waals surface area contributed by atoms with Gasteiger partial charge in [-0.1, -0.05) is 6.07 Å². The molecule has 26 heavy (non-hydrogen) atoms. The molecule has 1 aromatic carbocycles. The number of nitrogens with one attached hydrogen (secondary N) is 2. The van der Waals surface area contributed by atoms with Crippen molar-refractivity contribution >= 4 is 29.9 Å². The lowest BCUT2D eigenvalue weighted by atomic mass is 10.2. The Hall–Kier alpha value is -1.97. The van der Waals surface area contributed by atoms with E-state index in [0.29, 0.717) is 18.8 Å². The molecule has 0 saturated heterocycles. The van der Waals surface area contributed by atoms with Crippen molar-refractivity contribution in [3.8, 4) is 11.5 Å². The number of phenolic OH excluding ortho intramolecular Hbond substituents is 1. The first kappa shape index (κ1) is 22.1. The van der Waals surface area contributed by atoms with Crippen LogP contribution in [0.2, 0.25) is 0 Å². The van der Waals surface area contributed by atoms with E-state index >= 15 is 0 Å². The molecule has 7 nitrogen and oxygen atoms in total. The van der Waals surface area contributed by atoms with E-state index in [4.69, 9.17) is 4.74 Å². The van der Waals surface area contributed by atoms with E-state index < -0.39 is 0 Å². The zero-order valence-electron chi connectivity index (χ0n) is 16.0. The Balaban J connectivity index is 0.00000338. The SMILES string of the molecule is CCNC(=NCc1ccc(OC)c(O)c1)NCc1c(C)nn(C)c1C.I. The standard InChI is InChI=1S/C18H27N5O2.HI/c1-6-19-18(21-11-15-12(2)22-23(4)13(15)3)20-10-14-7-8-17(25-5)16(24)9-14;/h7-9,24H,6,10-11H2,1-5H3,(H2,19,20,21);1H. The van der Waals surface area contributed by atoms with Crippen molar-refractivity contribution in [3.63, 3.8) is 0 Å². The fourth-order valence-electron chi connectivity index (χ4n) is 2.59. The number of guanidine groups is 1. The van der Waals surface area contributed by atoms with Crippen LogP contribution in [0.1, 0.15) is 29.4 Å². The van der Waals surface area contributed by atoms with Crippen LogP contribution in [0.25, 0.3) is 0 Å². The molecule has 8 heteroatoms. The number of hydrogen-bond donors (Lipinski definition) is 3. The second-order valence-corrected chi connectivity index (χ2v) is 5.83. The van der Waals surface area contributed by atoms with Gasteiger partial charge in [-0.2, -0.15) is 5.10 Å². The summed E-state index contributed by atoms with van der Waals surface area (Å²) in [6.07, 6.45) is 0. The molecule has 0 saturated carbocycles. The number of phenols is 1. The van der Waals surface area contributed by atoms with Gasteiger partial charge in [-0.15, -0.1) is 24.0 Å². The van der Waals surface area contributed by atoms with E-state index in [1.165, 1.54) is 12.7 Å². The fourth-order valence-corrected chi connectivity index (χ4v) is 2.59. The second-order valence-electron chi connectivity index (χ2n) is 5.83. The summed E-state index contributed by atoms with van der Waals surface area (Å²) in [7, 11) is 3.48. The molecule has 2 rings (SSSR count). The Morgan fingerprint density at radius 2 is 2.04 bits per heavy atom. The predicted molar refractivity (Wildman–Crippen MR) is 114 cm³/mol. The molecule has 0 unspecified atom stereocenters. The number of hydrogen-bond acceptors (Lipinski definition) is 4. The summed E-state index contributed by atoms with van der Waals surface area (Å²) >= 11 is 0. The van der Waals surface area contributed by atoms with Gasteiger partial charge in [0.1, 0.15) is 0 Å². The molecule has 1 aromatic heterocycles. The molecule has 0 aliphatic heterocycles. The molecule has 0 atom stereocenters. The topological polar surface area (TPSA) is 83.7 Å². The Morgan fingerprint density at radius 1 is 1.31 bits per heavy atom. The average molecular weight is 473 g/mol. The number of methoxy groups -OCH3 is 1. The van der Waals surface area contributed by atoms with Gasteiger partial charge in [-0.25, -0.2) is 4.99 Å². The summed E-state index contributed by atoms with van der Waals surface area (Å²) < 4.78 is 6.94. The van der Waals surface area contributed by atoms with Gasteiger partial charge in [0.15, 0.2) is 17.5 Å². The highest BCUT2D eigenvalue weighted by atomic mass is 127. The van der Waals surface area contributed by atoms with E-state index in [0.717, 1.165) is 29.5 Å². The Kier molecular flexibility index (Phi) is 8.70. The van der Waals surface area contributed by atoms with Gasteiger partial charge in [0.25, 0.3) is 0 Å². The van der Waals surface area contributed by atoms with Crippen molar-refractivity contribution in [2.75, 3.05) is 13.7 Å². The third-order valence-corrected chi connectivity index (χ3v) is 4.10. The highest BCUT2D eigenvalue weighted by molar-refractivity contribution is 14.0. The lowest BCUT2D eigenvalue weighted by molar-refractivity contribution is 0.373. The summed E-state index contributed by atoms with van der Waals surface area (Å²) in [6, 6.07) is 5.30. The van der Waals surface area contributed by atoms with Crippen molar-refractivity contribution in [1.82, 2.24) is 20.4 Å². The number of aromatic hydroxyl groups is 1. The molecule has 0 aliphatic carbocycles. The molecular weight excluding hydrogens is 445 g/mol. The molecule has 3 N–H and O–H groups in total. The Morgan fingerprint density at radius 3 is 2.58 bits per heavy atom. The quantitative estimate of drug-likeness (QED) is 0.342. The number of aryl methyl sites for hydroxylation is 2. The summed E-state index contributed by atoms with van der Waals surface area (Å²) in [4.78, 5) is 4.58. The first-order valence-corrected chi connectivity index (χ1v) is 8.33. The van der Waals surface area contributed by atoms with Crippen LogP contribution in [0.4, 0.5) is 0 Å². The van der Waals surface area contributed by atoms with E-state index in [1.807, 2.05) is 31.6 Å². The molecule has 0 spiro atoms. The maximum atomic E-state index is 9.86. The van der Waals surface area contributed by atoms with Crippen LogP contribution in [0.15, 0.2) is 23.2 Å². The number of ether oxygens (including phenoxy) is 1. The van der Waals surface area contributed by atoms with Gasteiger partial charge in [0.05, 0.1) is 19.3 Å². The molecule has 144 valence electrons. The largest absolute Gasteiger partial charge is 0.504 e. The van der Waals surface area contributed by atoms with Crippen molar-refractivity contribution in [2.24, 2.45) is 12.0 Å². The van der Waals surface area contributed by atoms with Crippen LogP contribution in [-0.2, 0) is 20.1 Å². The number of rotatable bonds is 6. The summed E-state index contributed by atoms with van der Waals surface area (Å²) in [5.41, 5.74) is 4.24. The molecule has 0 fully saturated rings. The highest BCUT2D eigenvalue weighted by Gasteiger charge is 2.10. The third kappa shape index (κ3) is 5.52. The van der Waals surface area contributed by atoms with E-state index in [-0.39, 0.29) is 29.7 Å². The summed E-state index contributed by atoms with van der Waals surface area (Å²) in [6.45, 7) is 7.97. The van der Waals surface area contributed by atoms with Crippen LogP contribution in [0.5, 0.6) is 11.5 Å². The van der Waals surface area contributed by atoms with Crippen LogP contribution >= 0.6 is 24.0 Å². The molecule has 0 radical (unpaired) electrons. The van der Waals surface area contributed by atoms with E-state index in [9.17, 15) is 5.11 Å². The Labute approximate surface area is 171 Å². The molecule has 0 amide bonds. The van der Waals surface area contributed by atoms with Gasteiger partial charge < -0.3 is 20.5 Å². The smallest absolute Gasteiger partial charge is 0.191 e. The van der Waals surface area contributed by atoms with Crippen LogP contribution in [-0.4, -0.2) is 34.5 Å². The monoisotopic (exact) mass is 473 g/mol. The van der Waals surface area contributed by atoms with Crippen LogP contribution in [0, 0.1) is 13.8 Å². The molecule has 0 bridgehead atoms. The normalized spacial score (nSPS) is 11.0. The van der Waals surface area contributed by atoms with Crippen LogP contribution in [0.3, 0.4) is 0 Å². The molecular formula is C18H28IN5O2. The zero-order chi connectivity index (χ0) is 18.4. The maximum absolute atomic E-state index is 9.86. The zero-order valence-corrected chi connectivity index (χ0v) is 18.3. The Bertz CT molecular complexity index is 758. The van der Waals surface area contributed by atoms with Crippen LogP contribution < -0.4 is 15.4 Å².